The van der Waals surface area contributed by atoms with Gasteiger partial charge < -0.3 is 9.47 Å². The van der Waals surface area contributed by atoms with Gasteiger partial charge in [0.25, 0.3) is 0 Å². The monoisotopic (exact) mass is 282 g/mol. The number of ether oxygens (including phenoxy) is 2. The van der Waals surface area contributed by atoms with E-state index >= 15 is 0 Å². The number of nitriles is 1. The lowest BCUT2D eigenvalue weighted by Gasteiger charge is -2.12. The largest absolute Gasteiger partial charge is 0.497 e. The molecule has 0 unspecified atom stereocenters. The maximum Gasteiger partial charge on any atom is 0.189 e. The van der Waals surface area contributed by atoms with Gasteiger partial charge in [0.15, 0.2) is 11.7 Å². The van der Waals surface area contributed by atoms with E-state index < -0.39 is 5.92 Å². The third-order valence-electron chi connectivity index (χ3n) is 3.05. The van der Waals surface area contributed by atoms with E-state index in [9.17, 15) is 10.1 Å². The fourth-order valence-electron chi connectivity index (χ4n) is 1.96. The molecule has 2 aromatic rings. The van der Waals surface area contributed by atoms with Gasteiger partial charge in [0.2, 0.25) is 0 Å². The van der Waals surface area contributed by atoms with E-state index in [4.69, 9.17) is 9.47 Å². The summed E-state index contributed by atoms with van der Waals surface area (Å²) in [6.07, 6.45) is 1.55. The summed E-state index contributed by atoms with van der Waals surface area (Å²) in [4.78, 5) is 16.6. The zero-order valence-electron chi connectivity index (χ0n) is 11.7. The number of aromatic nitrogens is 1. The third kappa shape index (κ3) is 3.00. The average Bonchev–Trinajstić information content (AvgIpc) is 2.55. The number of Topliss-reactive ketones (excluding diaryl/α,β-unsaturated/α-hetero) is 1. The second-order valence-electron chi connectivity index (χ2n) is 4.25. The van der Waals surface area contributed by atoms with Gasteiger partial charge in [-0.2, -0.15) is 5.26 Å². The van der Waals surface area contributed by atoms with Crippen LogP contribution in [0.4, 0.5) is 0 Å². The summed E-state index contributed by atoms with van der Waals surface area (Å²) in [5, 5.41) is 9.30. The van der Waals surface area contributed by atoms with Crippen molar-refractivity contribution in [3.63, 3.8) is 0 Å². The molecular weight excluding hydrogens is 268 g/mol. The molecule has 106 valence electrons. The number of carbonyl (C=O) groups is 1. The van der Waals surface area contributed by atoms with Crippen LogP contribution in [0, 0.1) is 11.3 Å². The molecule has 1 aromatic carbocycles. The molecule has 1 heterocycles. The Morgan fingerprint density at radius 1 is 1.24 bits per heavy atom. The Balaban J connectivity index is 2.41. The summed E-state index contributed by atoms with van der Waals surface area (Å²) in [5.41, 5.74) is 0.748. The van der Waals surface area contributed by atoms with E-state index in [0.717, 1.165) is 0 Å². The van der Waals surface area contributed by atoms with Gasteiger partial charge in [0.1, 0.15) is 11.5 Å². The Kier molecular flexibility index (Phi) is 4.52. The third-order valence-corrected chi connectivity index (χ3v) is 3.05. The Bertz CT molecular complexity index is 678. The topological polar surface area (TPSA) is 72.2 Å². The van der Waals surface area contributed by atoms with E-state index in [-0.39, 0.29) is 5.78 Å². The molecule has 5 heteroatoms. The molecule has 1 atom stereocenters. The number of methoxy groups -OCH3 is 2. The normalized spacial score (nSPS) is 11.3. The lowest BCUT2D eigenvalue weighted by atomic mass is 9.94. The maximum atomic E-state index is 12.6. The zero-order valence-corrected chi connectivity index (χ0v) is 11.7. The average molecular weight is 282 g/mol. The maximum absolute atomic E-state index is 12.6. The highest BCUT2D eigenvalue weighted by atomic mass is 16.5. The molecular formula is C16H14N2O3. The first-order chi connectivity index (χ1) is 10.2. The van der Waals surface area contributed by atoms with Crippen LogP contribution in [-0.4, -0.2) is 25.0 Å². The number of rotatable bonds is 5. The van der Waals surface area contributed by atoms with Gasteiger partial charge >= 0.3 is 0 Å². The number of pyridine rings is 1. The van der Waals surface area contributed by atoms with Crippen molar-refractivity contribution in [3.05, 3.63) is 53.9 Å². The van der Waals surface area contributed by atoms with Crippen LogP contribution in [0.2, 0.25) is 0 Å². The Labute approximate surface area is 122 Å². The van der Waals surface area contributed by atoms with Gasteiger partial charge in [-0.25, -0.2) is 0 Å². The van der Waals surface area contributed by atoms with Crippen LogP contribution < -0.4 is 9.47 Å². The molecule has 21 heavy (non-hydrogen) atoms. The minimum Gasteiger partial charge on any atom is -0.497 e. The highest BCUT2D eigenvalue weighted by Crippen LogP contribution is 2.29. The number of carbonyl (C=O) groups excluding carboxylic acids is 1. The SMILES string of the molecule is COc1ccc(C(=O)[C@H](C#N)c2ccccn2)c(OC)c1. The van der Waals surface area contributed by atoms with Gasteiger partial charge in [-0.1, -0.05) is 6.07 Å². The van der Waals surface area contributed by atoms with Crippen molar-refractivity contribution < 1.29 is 14.3 Å². The molecule has 0 saturated heterocycles. The highest BCUT2D eigenvalue weighted by molar-refractivity contribution is 6.04. The second kappa shape index (κ2) is 6.53. The number of hydrogen-bond donors (Lipinski definition) is 0. The standard InChI is InChI=1S/C16H14N2O3/c1-20-11-6-7-12(15(9-11)21-2)16(19)13(10-17)14-5-3-4-8-18-14/h3-9,13H,1-2H3/t13-/m1/s1. The number of hydrogen-bond acceptors (Lipinski definition) is 5. The quantitative estimate of drug-likeness (QED) is 0.788. The Morgan fingerprint density at radius 3 is 2.62 bits per heavy atom. The number of nitrogens with zero attached hydrogens (tertiary/aromatic N) is 2. The Hall–Kier alpha value is -2.87. The second-order valence-corrected chi connectivity index (χ2v) is 4.25. The molecule has 5 nitrogen and oxygen atoms in total. The predicted octanol–water partition coefficient (Wildman–Crippen LogP) is 2.59. The summed E-state index contributed by atoms with van der Waals surface area (Å²) in [6.45, 7) is 0. The van der Waals surface area contributed by atoms with Gasteiger partial charge in [0, 0.05) is 12.3 Å². The van der Waals surface area contributed by atoms with Gasteiger partial charge in [-0.05, 0) is 24.3 Å². The van der Waals surface area contributed by atoms with Crippen molar-refractivity contribution in [3.8, 4) is 17.6 Å². The van der Waals surface area contributed by atoms with Gasteiger partial charge in [-0.3, -0.25) is 9.78 Å². The molecule has 0 N–H and O–H groups in total. The van der Waals surface area contributed by atoms with E-state index in [2.05, 4.69) is 4.98 Å². The predicted molar refractivity (Wildman–Crippen MR) is 76.5 cm³/mol. The molecule has 2 rings (SSSR count). The first-order valence-electron chi connectivity index (χ1n) is 6.28. The van der Waals surface area contributed by atoms with E-state index in [0.29, 0.717) is 22.8 Å². The number of ketones is 1. The van der Waals surface area contributed by atoms with E-state index in [1.165, 1.54) is 14.2 Å². The molecule has 0 spiro atoms. The Morgan fingerprint density at radius 2 is 2.05 bits per heavy atom. The lowest BCUT2D eigenvalue weighted by molar-refractivity contribution is 0.0974. The molecule has 0 aliphatic rings. The molecule has 0 saturated carbocycles. The smallest absolute Gasteiger partial charge is 0.189 e. The zero-order chi connectivity index (χ0) is 15.2. The fraction of sp³-hybridized carbons (Fsp3) is 0.188. The van der Waals surface area contributed by atoms with Crippen molar-refractivity contribution in [2.24, 2.45) is 0 Å². The van der Waals surface area contributed by atoms with Crippen molar-refractivity contribution in [1.29, 1.82) is 5.26 Å². The molecule has 0 amide bonds. The van der Waals surface area contributed by atoms with Crippen molar-refractivity contribution in [1.82, 2.24) is 4.98 Å². The summed E-state index contributed by atoms with van der Waals surface area (Å²) < 4.78 is 10.3. The van der Waals surface area contributed by atoms with Crippen LogP contribution in [0.5, 0.6) is 11.5 Å². The van der Waals surface area contributed by atoms with Crippen LogP contribution in [0.1, 0.15) is 22.0 Å². The highest BCUT2D eigenvalue weighted by Gasteiger charge is 2.25. The molecule has 0 aliphatic heterocycles. The summed E-state index contributed by atoms with van der Waals surface area (Å²) in [5.74, 6) is -0.366. The minimum absolute atomic E-state index is 0.329. The van der Waals surface area contributed by atoms with Crippen molar-refractivity contribution in [2.45, 2.75) is 5.92 Å². The van der Waals surface area contributed by atoms with Crippen LogP contribution >= 0.6 is 0 Å². The van der Waals surface area contributed by atoms with Crippen LogP contribution in [0.15, 0.2) is 42.6 Å². The lowest BCUT2D eigenvalue weighted by Crippen LogP contribution is -2.13. The molecule has 0 bridgehead atoms. The summed E-state index contributed by atoms with van der Waals surface area (Å²) in [7, 11) is 3.00. The first-order valence-corrected chi connectivity index (χ1v) is 6.28. The molecule has 0 radical (unpaired) electrons. The van der Waals surface area contributed by atoms with Gasteiger partial charge in [0.05, 0.1) is 31.5 Å². The van der Waals surface area contributed by atoms with Crippen LogP contribution in [-0.2, 0) is 0 Å². The molecule has 0 aliphatic carbocycles. The first kappa shape index (κ1) is 14.5. The molecule has 1 aromatic heterocycles. The van der Waals surface area contributed by atoms with Crippen LogP contribution in [0.25, 0.3) is 0 Å². The van der Waals surface area contributed by atoms with E-state index in [1.54, 1.807) is 42.6 Å². The summed E-state index contributed by atoms with van der Waals surface area (Å²) >= 11 is 0. The van der Waals surface area contributed by atoms with Crippen molar-refractivity contribution in [2.75, 3.05) is 14.2 Å². The number of benzene rings is 1. The van der Waals surface area contributed by atoms with Crippen LogP contribution in [0.3, 0.4) is 0 Å². The molecule has 0 fully saturated rings. The van der Waals surface area contributed by atoms with Gasteiger partial charge in [-0.15, -0.1) is 0 Å². The fourth-order valence-corrected chi connectivity index (χ4v) is 1.96. The van der Waals surface area contributed by atoms with Crippen molar-refractivity contribution >= 4 is 5.78 Å². The summed E-state index contributed by atoms with van der Waals surface area (Å²) in [6, 6.07) is 12.0. The minimum atomic E-state index is -0.964. The van der Waals surface area contributed by atoms with E-state index in [1.807, 2.05) is 6.07 Å².